The summed E-state index contributed by atoms with van der Waals surface area (Å²) in [6.45, 7) is -1.76. The van der Waals surface area contributed by atoms with Gasteiger partial charge in [0, 0.05) is 37.0 Å². The fourth-order valence-corrected chi connectivity index (χ4v) is 6.49. The van der Waals surface area contributed by atoms with Crippen molar-refractivity contribution in [1.82, 2.24) is 0 Å². The van der Waals surface area contributed by atoms with Crippen LogP contribution in [0.2, 0.25) is 0 Å². The van der Waals surface area contributed by atoms with Crippen LogP contribution in [0.1, 0.15) is 28.7 Å². The molecular weight excluding hydrogens is 576 g/mol. The van der Waals surface area contributed by atoms with Gasteiger partial charge in [-0.25, -0.2) is 0 Å². The number of rotatable bonds is 9. The quantitative estimate of drug-likeness (QED) is 0.149. The Morgan fingerprint density at radius 2 is 1.35 bits per heavy atom. The normalized spacial score (nSPS) is 33.9. The molecule has 0 amide bonds. The van der Waals surface area contributed by atoms with Crippen molar-refractivity contribution in [3.63, 3.8) is 0 Å². The summed E-state index contributed by atoms with van der Waals surface area (Å²) in [6, 6.07) is 3.98. The van der Waals surface area contributed by atoms with Gasteiger partial charge in [0.15, 0.2) is 28.6 Å². The molecule has 2 aromatic rings. The first kappa shape index (κ1) is 32.8. The first-order valence-corrected chi connectivity index (χ1v) is 13.2. The van der Waals surface area contributed by atoms with Crippen LogP contribution in [0.25, 0.3) is 0 Å². The first-order chi connectivity index (χ1) is 20.3. The van der Waals surface area contributed by atoms with Crippen molar-refractivity contribution in [2.75, 3.05) is 48.8 Å². The summed E-state index contributed by atoms with van der Waals surface area (Å²) >= 11 is 0. The fraction of sp³-hybridized carbons (Fsp3) is 0.571. The lowest BCUT2D eigenvalue weighted by Crippen LogP contribution is -2.78. The second-order valence-corrected chi connectivity index (χ2v) is 10.4. The van der Waals surface area contributed by atoms with Crippen molar-refractivity contribution in [1.29, 1.82) is 0 Å². The van der Waals surface area contributed by atoms with Gasteiger partial charge in [-0.2, -0.15) is 0 Å². The van der Waals surface area contributed by atoms with E-state index in [0.29, 0.717) is 0 Å². The smallest absolute Gasteiger partial charge is 0.314 e. The minimum atomic E-state index is -3.15. The van der Waals surface area contributed by atoms with Crippen molar-refractivity contribution < 1.29 is 74.4 Å². The summed E-state index contributed by atoms with van der Waals surface area (Å²) in [5.41, 5.74) is -2.86. The predicted octanol–water partition coefficient (Wildman–Crippen LogP) is -1.33. The molecule has 0 saturated carbocycles. The SMILES string of the molecule is COc1cc(C2c3c(cc(OC)c(O)c3OC)C(O)C(CO)C2[C@@]2(O)[C@@H](O)[C@H](O)[C@@H](CO)O[C@]2(O)OC)cc(OC)c1O. The van der Waals surface area contributed by atoms with E-state index in [2.05, 4.69) is 0 Å². The number of fused-ring (bicyclic) bond motifs is 1. The highest BCUT2D eigenvalue weighted by atomic mass is 16.8. The largest absolute Gasteiger partial charge is 0.502 e. The molecule has 0 bridgehead atoms. The molecule has 0 radical (unpaired) electrons. The molecule has 43 heavy (non-hydrogen) atoms. The Labute approximate surface area is 246 Å². The van der Waals surface area contributed by atoms with Crippen LogP contribution in [-0.2, 0) is 9.47 Å². The lowest BCUT2D eigenvalue weighted by atomic mass is 9.56. The van der Waals surface area contributed by atoms with E-state index in [9.17, 15) is 46.0 Å². The van der Waals surface area contributed by atoms with Crippen molar-refractivity contribution in [3.8, 4) is 34.5 Å². The van der Waals surface area contributed by atoms with Gasteiger partial charge < -0.3 is 74.4 Å². The Balaban J connectivity index is 2.18. The molecule has 1 heterocycles. The standard InChI is InChI=1S/C28H38O15/c1-38-14-6-11(7-15(39-2)22(14)32)18-19-12(8-16(40-3)23(33)25(19)41-4)21(31)13(9-29)20(18)27(36)26(35)24(34)17(10-30)43-28(27,37)42-5/h6-8,13,17-18,20-21,24,26,29-37H,9-10H2,1-5H3/t13?,17-,18?,20?,21?,24-,26+,27-,28-/m1/s1. The molecular formula is C28H38O15. The maximum atomic E-state index is 12.4. The van der Waals surface area contributed by atoms with Crippen LogP contribution in [-0.4, -0.2) is 125 Å². The van der Waals surface area contributed by atoms with Gasteiger partial charge in [0.05, 0.1) is 41.2 Å². The maximum Gasteiger partial charge on any atom is 0.314 e. The molecule has 2 aliphatic rings. The lowest BCUT2D eigenvalue weighted by molar-refractivity contribution is -0.488. The van der Waals surface area contributed by atoms with E-state index in [1.54, 1.807) is 0 Å². The van der Waals surface area contributed by atoms with Crippen LogP contribution >= 0.6 is 0 Å². The minimum absolute atomic E-state index is 0.00986. The highest BCUT2D eigenvalue weighted by molar-refractivity contribution is 5.64. The van der Waals surface area contributed by atoms with E-state index in [0.717, 1.165) is 7.11 Å². The van der Waals surface area contributed by atoms with Crippen molar-refractivity contribution >= 4 is 0 Å². The molecule has 1 aliphatic heterocycles. The van der Waals surface area contributed by atoms with Crippen LogP contribution in [0.3, 0.4) is 0 Å². The molecule has 9 N–H and O–H groups in total. The average molecular weight is 615 g/mol. The van der Waals surface area contributed by atoms with Gasteiger partial charge >= 0.3 is 5.97 Å². The number of hydrogen-bond donors (Lipinski definition) is 9. The molecule has 1 fully saturated rings. The number of hydrogen-bond acceptors (Lipinski definition) is 15. The number of ether oxygens (including phenoxy) is 6. The van der Waals surface area contributed by atoms with Gasteiger partial charge in [-0.1, -0.05) is 0 Å². The van der Waals surface area contributed by atoms with E-state index in [4.69, 9.17) is 28.4 Å². The van der Waals surface area contributed by atoms with Gasteiger partial charge in [0.1, 0.15) is 18.3 Å². The summed E-state index contributed by atoms with van der Waals surface area (Å²) < 4.78 is 32.1. The molecule has 2 aromatic carbocycles. The molecule has 0 aromatic heterocycles. The Morgan fingerprint density at radius 1 is 0.791 bits per heavy atom. The topological polar surface area (TPSA) is 237 Å². The zero-order valence-corrected chi connectivity index (χ0v) is 24.2. The Bertz CT molecular complexity index is 1290. The second-order valence-electron chi connectivity index (χ2n) is 10.4. The van der Waals surface area contributed by atoms with Crippen molar-refractivity contribution in [3.05, 3.63) is 34.9 Å². The van der Waals surface area contributed by atoms with Crippen molar-refractivity contribution in [2.24, 2.45) is 11.8 Å². The summed E-state index contributed by atoms with van der Waals surface area (Å²) in [5.74, 6) is -9.17. The van der Waals surface area contributed by atoms with Crippen molar-refractivity contribution in [2.45, 2.75) is 41.9 Å². The van der Waals surface area contributed by atoms with Crippen LogP contribution in [0, 0.1) is 11.8 Å². The molecule has 240 valence electrons. The number of benzene rings is 2. The highest BCUT2D eigenvalue weighted by Crippen LogP contribution is 2.62. The van der Waals surface area contributed by atoms with Gasteiger partial charge in [-0.15, -0.1) is 0 Å². The zero-order valence-electron chi connectivity index (χ0n) is 24.2. The number of aliphatic hydroxyl groups excluding tert-OH is 5. The maximum absolute atomic E-state index is 12.4. The van der Waals surface area contributed by atoms with Gasteiger partial charge in [0.2, 0.25) is 11.5 Å². The van der Waals surface area contributed by atoms with Crippen LogP contribution in [0.5, 0.6) is 34.5 Å². The number of methoxy groups -OCH3 is 5. The van der Waals surface area contributed by atoms with E-state index in [-0.39, 0.29) is 45.4 Å². The monoisotopic (exact) mass is 614 g/mol. The second kappa shape index (κ2) is 12.1. The highest BCUT2D eigenvalue weighted by Gasteiger charge is 2.71. The molecule has 15 nitrogen and oxygen atoms in total. The predicted molar refractivity (Wildman–Crippen MR) is 144 cm³/mol. The van der Waals surface area contributed by atoms with Crippen LogP contribution in [0.15, 0.2) is 18.2 Å². The average Bonchev–Trinajstić information content (AvgIpc) is 3.01. The number of phenols is 2. The summed E-state index contributed by atoms with van der Waals surface area (Å²) in [6.07, 6.45) is -7.62. The number of aliphatic hydroxyl groups is 7. The van der Waals surface area contributed by atoms with E-state index >= 15 is 0 Å². The zero-order chi connectivity index (χ0) is 32.0. The van der Waals surface area contributed by atoms with Gasteiger partial charge in [-0.3, -0.25) is 0 Å². The van der Waals surface area contributed by atoms with E-state index < -0.39 is 72.7 Å². The van der Waals surface area contributed by atoms with Gasteiger partial charge in [0.25, 0.3) is 0 Å². The Hall–Kier alpha value is -3.12. The third-order valence-electron chi connectivity index (χ3n) is 8.58. The molecule has 4 unspecified atom stereocenters. The molecule has 0 spiro atoms. The molecule has 1 aliphatic carbocycles. The molecule has 9 atom stereocenters. The van der Waals surface area contributed by atoms with E-state index in [1.165, 1.54) is 46.6 Å². The van der Waals surface area contributed by atoms with Gasteiger partial charge in [-0.05, 0) is 29.3 Å². The van der Waals surface area contributed by atoms with Crippen LogP contribution in [0.4, 0.5) is 0 Å². The molecule has 15 heteroatoms. The number of aromatic hydroxyl groups is 2. The van der Waals surface area contributed by atoms with Crippen LogP contribution < -0.4 is 18.9 Å². The number of phenolic OH excluding ortho intramolecular Hbond substituents is 2. The third kappa shape index (κ3) is 4.72. The minimum Gasteiger partial charge on any atom is -0.502 e. The summed E-state index contributed by atoms with van der Waals surface area (Å²) in [4.78, 5) is 0. The fourth-order valence-electron chi connectivity index (χ4n) is 6.49. The lowest BCUT2D eigenvalue weighted by Gasteiger charge is -2.59. The Kier molecular flexibility index (Phi) is 9.23. The first-order valence-electron chi connectivity index (χ1n) is 13.2. The summed E-state index contributed by atoms with van der Waals surface area (Å²) in [5, 5.41) is 100. The molecule has 4 rings (SSSR count). The summed E-state index contributed by atoms with van der Waals surface area (Å²) in [7, 11) is 5.96. The van der Waals surface area contributed by atoms with E-state index in [1.807, 2.05) is 0 Å². The molecule has 1 saturated heterocycles. The third-order valence-corrected chi connectivity index (χ3v) is 8.58. The Morgan fingerprint density at radius 3 is 1.81 bits per heavy atom.